The fraction of sp³-hybridized carbons (Fsp3) is 0.459. The predicted octanol–water partition coefficient (Wildman–Crippen LogP) is 3.99. The lowest BCUT2D eigenvalue weighted by Crippen LogP contribution is -2.47. The van der Waals surface area contributed by atoms with Crippen LogP contribution in [-0.4, -0.2) is 82.3 Å². The van der Waals surface area contributed by atoms with Gasteiger partial charge in [-0.25, -0.2) is 19.2 Å². The number of aromatic nitrogens is 1. The van der Waals surface area contributed by atoms with Crippen molar-refractivity contribution in [2.24, 2.45) is 17.8 Å². The number of carbonyl (C=O) groups excluding carboxylic acids is 4. The van der Waals surface area contributed by atoms with Crippen LogP contribution in [0.5, 0.6) is 0 Å². The first kappa shape index (κ1) is 37.3. The summed E-state index contributed by atoms with van der Waals surface area (Å²) < 4.78 is 27.7. The van der Waals surface area contributed by atoms with Crippen LogP contribution in [0.3, 0.4) is 0 Å². The van der Waals surface area contributed by atoms with Crippen molar-refractivity contribution >= 4 is 23.9 Å². The van der Waals surface area contributed by atoms with Gasteiger partial charge in [-0.2, -0.15) is 0 Å². The number of aliphatic hydroxyl groups is 2. The Morgan fingerprint density at radius 3 is 2.41 bits per heavy atom. The van der Waals surface area contributed by atoms with Gasteiger partial charge in [-0.15, -0.1) is 0 Å². The van der Waals surface area contributed by atoms with Crippen molar-refractivity contribution in [2.75, 3.05) is 7.11 Å². The number of H-pyrrole nitrogens is 1. The number of cyclic esters (lactones) is 1. The highest BCUT2D eigenvalue weighted by atomic mass is 16.6. The molecule has 0 unspecified atom stereocenters. The van der Waals surface area contributed by atoms with Crippen molar-refractivity contribution in [1.82, 2.24) is 4.98 Å². The molecule has 2 heterocycles. The highest BCUT2D eigenvalue weighted by Crippen LogP contribution is 2.41. The highest BCUT2D eigenvalue weighted by Gasteiger charge is 2.45. The minimum Gasteiger partial charge on any atom is -0.456 e. The minimum absolute atomic E-state index is 0.0112. The normalized spacial score (nSPS) is 27.5. The first-order valence-corrected chi connectivity index (χ1v) is 16.2. The van der Waals surface area contributed by atoms with Crippen molar-refractivity contribution in [2.45, 2.75) is 83.8 Å². The van der Waals surface area contributed by atoms with E-state index in [4.69, 9.17) is 23.7 Å². The number of hydrogen-bond acceptors (Lipinski definition) is 11. The van der Waals surface area contributed by atoms with Crippen LogP contribution in [0.25, 0.3) is 0 Å². The molecule has 1 aromatic carbocycles. The van der Waals surface area contributed by atoms with Crippen LogP contribution in [0.15, 0.2) is 84.1 Å². The van der Waals surface area contributed by atoms with E-state index in [1.165, 1.54) is 14.0 Å². The zero-order chi connectivity index (χ0) is 35.9. The molecule has 0 saturated heterocycles. The summed E-state index contributed by atoms with van der Waals surface area (Å²) in [7, 11) is 1.35. The minimum atomic E-state index is -1.69. The summed E-state index contributed by atoms with van der Waals surface area (Å²) in [6.07, 6.45) is 3.26. The molecule has 2 aliphatic rings. The molecule has 1 aliphatic heterocycles. The van der Waals surface area contributed by atoms with Crippen LogP contribution in [0.1, 0.15) is 57.1 Å². The summed E-state index contributed by atoms with van der Waals surface area (Å²) in [5, 5.41) is 22.9. The third kappa shape index (κ3) is 8.94. The monoisotopic (exact) mass is 679 g/mol. The number of rotatable bonds is 10. The Morgan fingerprint density at radius 1 is 1.06 bits per heavy atom. The quantitative estimate of drug-likeness (QED) is 0.144. The van der Waals surface area contributed by atoms with Gasteiger partial charge in [0, 0.05) is 31.1 Å². The van der Waals surface area contributed by atoms with Gasteiger partial charge in [-0.3, -0.25) is 0 Å². The lowest BCUT2D eigenvalue weighted by Gasteiger charge is -2.41. The molecule has 12 heteroatoms. The van der Waals surface area contributed by atoms with Gasteiger partial charge >= 0.3 is 23.9 Å². The topological polar surface area (TPSA) is 171 Å². The molecular formula is C37H45NO11. The maximum atomic E-state index is 13.4. The first-order chi connectivity index (χ1) is 23.2. The van der Waals surface area contributed by atoms with Gasteiger partial charge in [0.2, 0.25) is 0 Å². The van der Waals surface area contributed by atoms with Gasteiger partial charge in [0.25, 0.3) is 0 Å². The second-order valence-electron chi connectivity index (χ2n) is 12.7. The third-order valence-corrected chi connectivity index (χ3v) is 9.16. The zero-order valence-electron chi connectivity index (χ0n) is 28.5. The van der Waals surface area contributed by atoms with E-state index in [0.717, 1.165) is 0 Å². The number of fused-ring (bicyclic) bond motifs is 1. The molecule has 49 heavy (non-hydrogen) atoms. The molecule has 1 aromatic heterocycles. The van der Waals surface area contributed by atoms with Gasteiger partial charge in [0.15, 0.2) is 6.10 Å². The number of nitrogens with one attached hydrogen (secondary N) is 1. The molecule has 1 aliphatic carbocycles. The Kier molecular flexibility index (Phi) is 12.4. The Hall–Kier alpha value is -4.52. The van der Waals surface area contributed by atoms with Gasteiger partial charge in [-0.05, 0) is 62.1 Å². The van der Waals surface area contributed by atoms with E-state index >= 15 is 0 Å². The van der Waals surface area contributed by atoms with Crippen molar-refractivity contribution < 1.29 is 53.1 Å². The molecule has 12 nitrogen and oxygen atoms in total. The average molecular weight is 680 g/mol. The van der Waals surface area contributed by atoms with Crippen LogP contribution < -0.4 is 0 Å². The predicted molar refractivity (Wildman–Crippen MR) is 177 cm³/mol. The Labute approximate surface area is 285 Å². The summed E-state index contributed by atoms with van der Waals surface area (Å²) in [6.45, 7) is 8.14. The molecule has 3 N–H and O–H groups in total. The van der Waals surface area contributed by atoms with E-state index < -0.39 is 77.8 Å². The standard InChI is InChI=1S/C37H45NO11/c1-21-17-22(2)37(44)19-27(32(23(3)24(4)39)49-33(40)29-13-10-16-38-29)14-15-28(37)18-30(45-6)34(41)48-31(21)25(5)47-36(43)35(42)46-20-26-11-8-7-9-12-26/h7-17,19,21,23-25,28,30-32,38-39,44H,18,20H2,1-6H3/b22-17+/t21-,23-,24+,25-,28-,30+,31+,32-,37+/m1/s1. The lowest BCUT2D eigenvalue weighted by molar-refractivity contribution is -0.183. The average Bonchev–Trinajstić information content (AvgIpc) is 3.63. The number of benzene rings is 1. The summed E-state index contributed by atoms with van der Waals surface area (Å²) in [6, 6.07) is 12.1. The summed E-state index contributed by atoms with van der Waals surface area (Å²) >= 11 is 0. The maximum Gasteiger partial charge on any atom is 0.417 e. The van der Waals surface area contributed by atoms with Crippen LogP contribution in [0.2, 0.25) is 0 Å². The van der Waals surface area contributed by atoms with Crippen LogP contribution >= 0.6 is 0 Å². The number of esters is 4. The summed E-state index contributed by atoms with van der Waals surface area (Å²) in [5.41, 5.74) is 0.163. The van der Waals surface area contributed by atoms with E-state index in [1.807, 2.05) is 6.07 Å². The van der Waals surface area contributed by atoms with E-state index in [9.17, 15) is 29.4 Å². The van der Waals surface area contributed by atoms with Crippen LogP contribution in [0.4, 0.5) is 0 Å². The summed E-state index contributed by atoms with van der Waals surface area (Å²) in [5.74, 6) is -5.67. The van der Waals surface area contributed by atoms with Crippen molar-refractivity contribution in [3.8, 4) is 0 Å². The molecule has 0 saturated carbocycles. The Bertz CT molecular complexity index is 1560. The molecular weight excluding hydrogens is 634 g/mol. The number of carbonyl (C=O) groups is 4. The van der Waals surface area contributed by atoms with Crippen molar-refractivity contribution in [3.63, 3.8) is 0 Å². The highest BCUT2D eigenvalue weighted by molar-refractivity contribution is 6.29. The van der Waals surface area contributed by atoms with Crippen molar-refractivity contribution in [3.05, 3.63) is 95.4 Å². The number of aromatic amines is 1. The fourth-order valence-electron chi connectivity index (χ4n) is 6.04. The smallest absolute Gasteiger partial charge is 0.417 e. The number of methoxy groups -OCH3 is 1. The van der Waals surface area contributed by atoms with E-state index in [0.29, 0.717) is 16.7 Å². The number of hydrogen-bond donors (Lipinski definition) is 3. The molecule has 264 valence electrons. The van der Waals surface area contributed by atoms with E-state index in [1.54, 1.807) is 94.6 Å². The van der Waals surface area contributed by atoms with E-state index in [2.05, 4.69) is 4.98 Å². The molecule has 0 amide bonds. The Morgan fingerprint density at radius 2 is 1.78 bits per heavy atom. The van der Waals surface area contributed by atoms with Gasteiger partial charge in [0.05, 0.1) is 6.10 Å². The molecule has 0 fully saturated rings. The fourth-order valence-corrected chi connectivity index (χ4v) is 6.04. The third-order valence-electron chi connectivity index (χ3n) is 9.16. The summed E-state index contributed by atoms with van der Waals surface area (Å²) in [4.78, 5) is 54.3. The van der Waals surface area contributed by atoms with Gasteiger partial charge in [-0.1, -0.05) is 62.4 Å². The van der Waals surface area contributed by atoms with Gasteiger partial charge < -0.3 is 38.9 Å². The molecule has 0 radical (unpaired) electrons. The second kappa shape index (κ2) is 16.3. The Balaban J connectivity index is 1.62. The molecule has 9 atom stereocenters. The largest absolute Gasteiger partial charge is 0.456 e. The van der Waals surface area contributed by atoms with Crippen LogP contribution in [-0.2, 0) is 44.7 Å². The lowest BCUT2D eigenvalue weighted by atomic mass is 9.71. The maximum absolute atomic E-state index is 13.4. The van der Waals surface area contributed by atoms with Gasteiger partial charge in [0.1, 0.15) is 36.2 Å². The van der Waals surface area contributed by atoms with Crippen LogP contribution in [0, 0.1) is 17.8 Å². The zero-order valence-corrected chi connectivity index (χ0v) is 28.5. The number of ether oxygens (including phenoxy) is 5. The molecule has 2 aromatic rings. The van der Waals surface area contributed by atoms with Crippen molar-refractivity contribution in [1.29, 1.82) is 0 Å². The van der Waals surface area contributed by atoms with E-state index in [-0.39, 0.29) is 18.7 Å². The molecule has 4 rings (SSSR count). The second-order valence-corrected chi connectivity index (χ2v) is 12.7. The SMILES string of the molecule is CO[C@H]1C[C@H]2C=CC([C@H](OC(=O)c3ccc[nH]3)[C@H](C)[C@H](C)O)=C[C@]2(O)/C(C)=C/[C@@H](C)[C@@H]([C@@H](C)OC(=O)C(=O)OCc2ccccc2)OC1=O. The first-order valence-electron chi connectivity index (χ1n) is 16.2. The number of aliphatic hydroxyl groups excluding tert-OH is 1. The molecule has 0 bridgehead atoms. The molecule has 0 spiro atoms.